The third kappa shape index (κ3) is 2.66. The van der Waals surface area contributed by atoms with Crippen molar-refractivity contribution < 1.29 is 9.50 Å². The molecular weight excluding hydrogens is 229 g/mol. The summed E-state index contributed by atoms with van der Waals surface area (Å²) in [5, 5.41) is 9.83. The number of aliphatic hydroxyl groups excluding tert-OH is 1. The Morgan fingerprint density at radius 3 is 2.89 bits per heavy atom. The van der Waals surface area contributed by atoms with Gasteiger partial charge in [-0.25, -0.2) is 4.39 Å². The van der Waals surface area contributed by atoms with Crippen LogP contribution >= 0.6 is 0 Å². The minimum atomic E-state index is -0.630. The van der Waals surface area contributed by atoms with Crippen LogP contribution in [0.2, 0.25) is 0 Å². The van der Waals surface area contributed by atoms with Crippen LogP contribution < -0.4 is 4.90 Å². The Bertz CT molecular complexity index is 405. The maximum atomic E-state index is 13.3. The van der Waals surface area contributed by atoms with E-state index in [-0.39, 0.29) is 5.82 Å². The van der Waals surface area contributed by atoms with Crippen LogP contribution in [0.1, 0.15) is 51.2 Å². The second kappa shape index (κ2) is 5.70. The minimum absolute atomic E-state index is 0.278. The normalized spacial score (nSPS) is 22.0. The first-order chi connectivity index (χ1) is 8.63. The molecule has 1 aromatic carbocycles. The van der Waals surface area contributed by atoms with Gasteiger partial charge in [0.15, 0.2) is 0 Å². The summed E-state index contributed by atoms with van der Waals surface area (Å²) in [7, 11) is 0. The van der Waals surface area contributed by atoms with Gasteiger partial charge in [0.25, 0.3) is 0 Å². The number of hydrogen-bond donors (Lipinski definition) is 1. The molecule has 2 atom stereocenters. The standard InChI is InChI=1S/C15H22FNO/c1-3-13-6-4-5-9-17(13)15-8-7-12(16)10-14(15)11(2)18/h7-8,10-11,13,18H,3-6,9H2,1-2H3. The first-order valence-electron chi connectivity index (χ1n) is 6.87. The lowest BCUT2D eigenvalue weighted by atomic mass is 9.97. The van der Waals surface area contributed by atoms with Gasteiger partial charge in [0.1, 0.15) is 5.82 Å². The van der Waals surface area contributed by atoms with Crippen molar-refractivity contribution >= 4 is 5.69 Å². The highest BCUT2D eigenvalue weighted by Gasteiger charge is 2.24. The quantitative estimate of drug-likeness (QED) is 0.886. The second-order valence-electron chi connectivity index (χ2n) is 5.13. The summed E-state index contributed by atoms with van der Waals surface area (Å²) in [5.41, 5.74) is 1.70. The predicted molar refractivity (Wildman–Crippen MR) is 72.3 cm³/mol. The third-order valence-electron chi connectivity index (χ3n) is 3.85. The Morgan fingerprint density at radius 2 is 2.22 bits per heavy atom. The van der Waals surface area contributed by atoms with Gasteiger partial charge in [-0.05, 0) is 50.8 Å². The number of halogens is 1. The fourth-order valence-corrected chi connectivity index (χ4v) is 2.86. The van der Waals surface area contributed by atoms with Crippen molar-refractivity contribution in [3.05, 3.63) is 29.6 Å². The van der Waals surface area contributed by atoms with Gasteiger partial charge in [0.05, 0.1) is 6.10 Å². The molecule has 3 heteroatoms. The summed E-state index contributed by atoms with van der Waals surface area (Å²) >= 11 is 0. The van der Waals surface area contributed by atoms with E-state index in [1.807, 2.05) is 6.07 Å². The van der Waals surface area contributed by atoms with E-state index in [1.165, 1.54) is 31.4 Å². The molecule has 100 valence electrons. The molecule has 2 rings (SSSR count). The molecule has 1 fully saturated rings. The number of hydrogen-bond acceptors (Lipinski definition) is 2. The van der Waals surface area contributed by atoms with Crippen molar-refractivity contribution in [2.45, 2.75) is 51.7 Å². The number of benzene rings is 1. The van der Waals surface area contributed by atoms with Crippen molar-refractivity contribution in [3.63, 3.8) is 0 Å². The molecule has 0 aromatic heterocycles. The highest BCUT2D eigenvalue weighted by molar-refractivity contribution is 5.55. The first kappa shape index (κ1) is 13.3. The predicted octanol–water partition coefficient (Wildman–Crippen LogP) is 3.65. The van der Waals surface area contributed by atoms with E-state index >= 15 is 0 Å². The van der Waals surface area contributed by atoms with Crippen molar-refractivity contribution in [3.8, 4) is 0 Å². The molecule has 0 spiro atoms. The van der Waals surface area contributed by atoms with Crippen LogP contribution in [0.3, 0.4) is 0 Å². The SMILES string of the molecule is CCC1CCCCN1c1ccc(F)cc1C(C)O. The van der Waals surface area contributed by atoms with Gasteiger partial charge in [-0.15, -0.1) is 0 Å². The van der Waals surface area contributed by atoms with Crippen molar-refractivity contribution in [1.29, 1.82) is 0 Å². The number of piperidine rings is 1. The lowest BCUT2D eigenvalue weighted by Crippen LogP contribution is -2.39. The Labute approximate surface area is 108 Å². The van der Waals surface area contributed by atoms with Crippen molar-refractivity contribution in [2.75, 3.05) is 11.4 Å². The van der Waals surface area contributed by atoms with Gasteiger partial charge >= 0.3 is 0 Å². The summed E-state index contributed by atoms with van der Waals surface area (Å²) < 4.78 is 13.3. The molecule has 1 N–H and O–H groups in total. The Hall–Kier alpha value is -1.09. The van der Waals surface area contributed by atoms with Crippen LogP contribution in [-0.2, 0) is 0 Å². The van der Waals surface area contributed by atoms with E-state index in [9.17, 15) is 9.50 Å². The zero-order valence-electron chi connectivity index (χ0n) is 11.2. The van der Waals surface area contributed by atoms with E-state index in [2.05, 4.69) is 11.8 Å². The smallest absolute Gasteiger partial charge is 0.123 e. The van der Waals surface area contributed by atoms with Gasteiger partial charge in [0, 0.05) is 23.8 Å². The van der Waals surface area contributed by atoms with Gasteiger partial charge in [-0.2, -0.15) is 0 Å². The molecule has 2 nitrogen and oxygen atoms in total. The highest BCUT2D eigenvalue weighted by atomic mass is 19.1. The number of aliphatic hydroxyl groups is 1. The zero-order valence-corrected chi connectivity index (χ0v) is 11.2. The summed E-state index contributed by atoms with van der Waals surface area (Å²) in [6.07, 6.45) is 4.09. The van der Waals surface area contributed by atoms with Gasteiger partial charge in [0.2, 0.25) is 0 Å². The number of rotatable bonds is 3. The fraction of sp³-hybridized carbons (Fsp3) is 0.600. The Morgan fingerprint density at radius 1 is 1.44 bits per heavy atom. The molecule has 1 aliphatic rings. The van der Waals surface area contributed by atoms with Crippen molar-refractivity contribution in [1.82, 2.24) is 0 Å². The van der Waals surface area contributed by atoms with Gasteiger partial charge in [-0.1, -0.05) is 6.92 Å². The molecule has 0 bridgehead atoms. The maximum Gasteiger partial charge on any atom is 0.123 e. The van der Waals surface area contributed by atoms with E-state index in [4.69, 9.17) is 0 Å². The van der Waals surface area contributed by atoms with E-state index < -0.39 is 6.10 Å². The molecule has 18 heavy (non-hydrogen) atoms. The number of nitrogens with zero attached hydrogens (tertiary/aromatic N) is 1. The average molecular weight is 251 g/mol. The molecule has 1 heterocycles. The molecule has 2 unspecified atom stereocenters. The van der Waals surface area contributed by atoms with E-state index in [1.54, 1.807) is 6.92 Å². The Balaban J connectivity index is 2.36. The third-order valence-corrected chi connectivity index (χ3v) is 3.85. The summed E-state index contributed by atoms with van der Waals surface area (Å²) in [6.45, 7) is 4.89. The molecule has 0 amide bonds. The molecule has 0 radical (unpaired) electrons. The van der Waals surface area contributed by atoms with Crippen LogP contribution in [0, 0.1) is 5.82 Å². The number of anilines is 1. The van der Waals surface area contributed by atoms with Crippen LogP contribution in [-0.4, -0.2) is 17.7 Å². The second-order valence-corrected chi connectivity index (χ2v) is 5.13. The zero-order chi connectivity index (χ0) is 13.1. The highest BCUT2D eigenvalue weighted by Crippen LogP contribution is 2.32. The van der Waals surface area contributed by atoms with Crippen LogP contribution in [0.15, 0.2) is 18.2 Å². The summed E-state index contributed by atoms with van der Waals surface area (Å²) in [5.74, 6) is -0.278. The lowest BCUT2D eigenvalue weighted by Gasteiger charge is -2.38. The van der Waals surface area contributed by atoms with E-state index in [0.29, 0.717) is 11.6 Å². The minimum Gasteiger partial charge on any atom is -0.389 e. The topological polar surface area (TPSA) is 23.5 Å². The van der Waals surface area contributed by atoms with Crippen LogP contribution in [0.25, 0.3) is 0 Å². The van der Waals surface area contributed by atoms with Crippen LogP contribution in [0.5, 0.6) is 0 Å². The molecule has 0 aliphatic carbocycles. The molecule has 0 saturated carbocycles. The lowest BCUT2D eigenvalue weighted by molar-refractivity contribution is 0.198. The van der Waals surface area contributed by atoms with Gasteiger partial charge < -0.3 is 10.0 Å². The fourth-order valence-electron chi connectivity index (χ4n) is 2.86. The molecular formula is C15H22FNO. The maximum absolute atomic E-state index is 13.3. The molecule has 1 aromatic rings. The van der Waals surface area contributed by atoms with E-state index in [0.717, 1.165) is 18.7 Å². The Kier molecular flexibility index (Phi) is 4.23. The summed E-state index contributed by atoms with van der Waals surface area (Å²) in [6, 6.07) is 5.27. The largest absolute Gasteiger partial charge is 0.389 e. The molecule has 1 saturated heterocycles. The molecule has 1 aliphatic heterocycles. The van der Waals surface area contributed by atoms with Crippen LogP contribution in [0.4, 0.5) is 10.1 Å². The summed E-state index contributed by atoms with van der Waals surface area (Å²) in [4.78, 5) is 2.34. The van der Waals surface area contributed by atoms with Crippen molar-refractivity contribution in [2.24, 2.45) is 0 Å². The van der Waals surface area contributed by atoms with Gasteiger partial charge in [-0.3, -0.25) is 0 Å². The average Bonchev–Trinajstić information content (AvgIpc) is 2.38. The monoisotopic (exact) mass is 251 g/mol. The first-order valence-corrected chi connectivity index (χ1v) is 6.87.